The van der Waals surface area contributed by atoms with Crippen molar-refractivity contribution in [3.05, 3.63) is 39.9 Å². The minimum atomic E-state index is -1.21. The Morgan fingerprint density at radius 3 is 2.52 bits per heavy atom. The molecule has 0 aliphatic carbocycles. The van der Waals surface area contributed by atoms with E-state index in [0.717, 1.165) is 0 Å². The van der Waals surface area contributed by atoms with Gasteiger partial charge in [-0.3, -0.25) is 24.6 Å². The lowest BCUT2D eigenvalue weighted by atomic mass is 9.93. The Bertz CT molecular complexity index is 852. The maximum Gasteiger partial charge on any atom is 0.411 e. The number of amides is 2. The summed E-state index contributed by atoms with van der Waals surface area (Å²) in [6, 6.07) is 5.61. The fraction of sp³-hybridized carbons (Fsp3) is 0.526. The van der Waals surface area contributed by atoms with Crippen LogP contribution in [0.4, 0.5) is 10.5 Å². The molecular formula is C19H26N4O6S2. The van der Waals surface area contributed by atoms with Crippen molar-refractivity contribution in [3.63, 3.8) is 0 Å². The molecule has 0 radical (unpaired) electrons. The molecule has 2 rings (SSSR count). The van der Waals surface area contributed by atoms with Crippen LogP contribution in [0.25, 0.3) is 0 Å². The predicted molar refractivity (Wildman–Crippen MR) is 120 cm³/mol. The Morgan fingerprint density at radius 1 is 1.39 bits per heavy atom. The number of likely N-dealkylation sites (tertiary alicyclic amines) is 1. The van der Waals surface area contributed by atoms with E-state index in [1.54, 1.807) is 6.92 Å². The Labute approximate surface area is 190 Å². The second-order valence-electron chi connectivity index (χ2n) is 7.46. The molecule has 0 saturated carbocycles. The second-order valence-corrected chi connectivity index (χ2v) is 8.79. The molecule has 1 aromatic rings. The van der Waals surface area contributed by atoms with Crippen molar-refractivity contribution in [1.82, 2.24) is 10.2 Å². The number of nitrogens with zero attached hydrogens (tertiary/aromatic N) is 2. The highest BCUT2D eigenvalue weighted by atomic mass is 32.1. The van der Waals surface area contributed by atoms with Crippen molar-refractivity contribution in [2.75, 3.05) is 13.2 Å². The molecule has 1 aliphatic heterocycles. The molecule has 10 nitrogen and oxygen atoms in total. The van der Waals surface area contributed by atoms with Crippen LogP contribution < -0.4 is 11.1 Å². The third-order valence-electron chi connectivity index (χ3n) is 5.36. The summed E-state index contributed by atoms with van der Waals surface area (Å²) in [6.07, 6.45) is -0.505. The van der Waals surface area contributed by atoms with Crippen LogP contribution in [0, 0.1) is 22.0 Å². The van der Waals surface area contributed by atoms with E-state index in [1.807, 2.05) is 0 Å². The Kier molecular flexibility index (Phi) is 8.32. The third kappa shape index (κ3) is 5.69. The summed E-state index contributed by atoms with van der Waals surface area (Å²) < 4.78 is 5.38. The van der Waals surface area contributed by atoms with Crippen LogP contribution in [0.15, 0.2) is 24.3 Å². The van der Waals surface area contributed by atoms with Crippen molar-refractivity contribution in [1.29, 1.82) is 0 Å². The van der Waals surface area contributed by atoms with E-state index in [4.69, 9.17) is 23.1 Å². The highest BCUT2D eigenvalue weighted by Gasteiger charge is 2.53. The molecule has 2 amide bonds. The number of ketones is 1. The van der Waals surface area contributed by atoms with E-state index >= 15 is 0 Å². The number of non-ortho nitro benzene ring substituents is 1. The number of nitrogens with two attached hydrogens (primary N) is 1. The van der Waals surface area contributed by atoms with Crippen molar-refractivity contribution in [2.45, 2.75) is 37.0 Å². The summed E-state index contributed by atoms with van der Waals surface area (Å²) >= 11 is 9.26. The fourth-order valence-electron chi connectivity index (χ4n) is 3.44. The number of nitro benzene ring substituents is 1. The smallest absolute Gasteiger partial charge is 0.411 e. The molecule has 4 atom stereocenters. The van der Waals surface area contributed by atoms with Crippen LogP contribution in [-0.2, 0) is 20.9 Å². The number of hydrogen-bond acceptors (Lipinski definition) is 9. The Hall–Kier alpha value is -2.31. The molecule has 4 unspecified atom stereocenters. The molecule has 0 bridgehead atoms. The molecule has 0 aromatic heterocycles. The number of carbonyl (C=O) groups excluding carboxylic acids is 3. The van der Waals surface area contributed by atoms with Crippen molar-refractivity contribution in [3.8, 4) is 0 Å². The molecule has 3 N–H and O–H groups in total. The molecular weight excluding hydrogens is 444 g/mol. The summed E-state index contributed by atoms with van der Waals surface area (Å²) in [4.78, 5) is 47.5. The number of carbonyl (C=O) groups is 3. The molecule has 1 aliphatic rings. The van der Waals surface area contributed by atoms with Gasteiger partial charge in [0.15, 0.2) is 0 Å². The van der Waals surface area contributed by atoms with Crippen LogP contribution >= 0.6 is 25.3 Å². The van der Waals surface area contributed by atoms with E-state index in [9.17, 15) is 24.5 Å². The topological polar surface area (TPSA) is 145 Å². The predicted octanol–water partition coefficient (Wildman–Crippen LogP) is 1.74. The zero-order valence-corrected chi connectivity index (χ0v) is 19.0. The number of hydrogen-bond donors (Lipinski definition) is 4. The van der Waals surface area contributed by atoms with Crippen LogP contribution in [0.3, 0.4) is 0 Å². The van der Waals surface area contributed by atoms with Gasteiger partial charge in [0.2, 0.25) is 5.91 Å². The van der Waals surface area contributed by atoms with Crippen LogP contribution in [0.1, 0.15) is 25.8 Å². The summed E-state index contributed by atoms with van der Waals surface area (Å²) in [7, 11) is 0. The van der Waals surface area contributed by atoms with Gasteiger partial charge in [-0.25, -0.2) is 4.79 Å². The van der Waals surface area contributed by atoms with Crippen LogP contribution in [0.5, 0.6) is 0 Å². The molecule has 1 fully saturated rings. The summed E-state index contributed by atoms with van der Waals surface area (Å²) in [5.41, 5.74) is 5.86. The second kappa shape index (κ2) is 10.3. The summed E-state index contributed by atoms with van der Waals surface area (Å²) in [6.45, 7) is 2.99. The van der Waals surface area contributed by atoms with Gasteiger partial charge in [-0.1, -0.05) is 6.92 Å². The number of nitrogens with one attached hydrogen (secondary N) is 1. The lowest BCUT2D eigenvalue weighted by molar-refractivity contribution is -0.384. The van der Waals surface area contributed by atoms with Gasteiger partial charge in [-0.2, -0.15) is 12.6 Å². The number of rotatable bonds is 8. The molecule has 0 spiro atoms. The maximum atomic E-state index is 12.9. The molecule has 31 heavy (non-hydrogen) atoms. The van der Waals surface area contributed by atoms with E-state index in [1.165, 1.54) is 36.1 Å². The lowest BCUT2D eigenvalue weighted by Crippen LogP contribution is -2.54. The molecule has 1 heterocycles. The first kappa shape index (κ1) is 25.0. The first-order valence-electron chi connectivity index (χ1n) is 9.57. The van der Waals surface area contributed by atoms with Gasteiger partial charge in [0.1, 0.15) is 17.3 Å². The van der Waals surface area contributed by atoms with E-state index in [0.29, 0.717) is 5.56 Å². The highest BCUT2D eigenvalue weighted by Crippen LogP contribution is 2.44. The van der Waals surface area contributed by atoms with Gasteiger partial charge in [0.05, 0.1) is 11.6 Å². The van der Waals surface area contributed by atoms with Crippen LogP contribution in [0.2, 0.25) is 0 Å². The van der Waals surface area contributed by atoms with Crippen LogP contribution in [-0.4, -0.2) is 50.9 Å². The van der Waals surface area contributed by atoms with Gasteiger partial charge in [0, 0.05) is 35.8 Å². The van der Waals surface area contributed by atoms with E-state index < -0.39 is 33.0 Å². The van der Waals surface area contributed by atoms with Gasteiger partial charge in [0.25, 0.3) is 5.69 Å². The van der Waals surface area contributed by atoms with Crippen molar-refractivity contribution < 1.29 is 24.0 Å². The molecule has 1 aromatic carbocycles. The number of ether oxygens (including phenoxy) is 1. The van der Waals surface area contributed by atoms with Crippen molar-refractivity contribution in [2.24, 2.45) is 17.6 Å². The largest absolute Gasteiger partial charge is 0.445 e. The number of thiol groups is 2. The first-order valence-corrected chi connectivity index (χ1v) is 10.5. The van der Waals surface area contributed by atoms with Gasteiger partial charge < -0.3 is 15.8 Å². The zero-order valence-electron chi connectivity index (χ0n) is 17.2. The third-order valence-corrected chi connectivity index (χ3v) is 7.14. The average molecular weight is 471 g/mol. The lowest BCUT2D eigenvalue weighted by Gasteiger charge is -2.39. The minimum Gasteiger partial charge on any atom is -0.445 e. The SMILES string of the molecule is CC(=O)C1CN(C(=O)OCc2ccc([N+](=O)[O-])cc2)C(S)(C(S)C(C)C(=O)NCN)C1. The highest BCUT2D eigenvalue weighted by molar-refractivity contribution is 7.85. The summed E-state index contributed by atoms with van der Waals surface area (Å²) in [5.74, 6) is -1.58. The van der Waals surface area contributed by atoms with Gasteiger partial charge in [-0.05, 0) is 31.0 Å². The van der Waals surface area contributed by atoms with E-state index in [2.05, 4.69) is 17.9 Å². The average Bonchev–Trinajstić information content (AvgIpc) is 3.10. The normalized spacial score (nSPS) is 22.5. The summed E-state index contributed by atoms with van der Waals surface area (Å²) in [5, 5.41) is 12.6. The quantitative estimate of drug-likeness (QED) is 0.196. The Balaban J connectivity index is 2.17. The van der Waals surface area contributed by atoms with E-state index in [-0.39, 0.29) is 43.6 Å². The van der Waals surface area contributed by atoms with Gasteiger partial charge >= 0.3 is 6.09 Å². The fourth-order valence-corrected chi connectivity index (χ4v) is 4.43. The first-order chi connectivity index (χ1) is 14.5. The monoisotopic (exact) mass is 470 g/mol. The molecule has 1 saturated heterocycles. The van der Waals surface area contributed by atoms with Gasteiger partial charge in [-0.15, -0.1) is 12.6 Å². The zero-order chi connectivity index (χ0) is 23.3. The molecule has 12 heteroatoms. The molecule has 170 valence electrons. The standard InChI is InChI=1S/C19H26N4O6S2/c1-11(17(25)21-10-20)16(30)19(31)7-14(12(2)24)8-22(19)18(26)29-9-13-3-5-15(6-4-13)23(27)28/h3-6,11,14,16,30-31H,7-10,20H2,1-2H3,(H,21,25). The Morgan fingerprint density at radius 2 is 2.00 bits per heavy atom. The number of Topliss-reactive ketones (excluding diaryl/α,β-unsaturated/α-hetero) is 1. The minimum absolute atomic E-state index is 0.0414. The number of nitro groups is 1. The maximum absolute atomic E-state index is 12.9. The number of benzene rings is 1. The van der Waals surface area contributed by atoms with Crippen molar-refractivity contribution >= 4 is 48.7 Å².